The second kappa shape index (κ2) is 4.10. The van der Waals surface area contributed by atoms with Gasteiger partial charge < -0.3 is 4.98 Å². The third-order valence-corrected chi connectivity index (χ3v) is 3.69. The zero-order chi connectivity index (χ0) is 6.57. The van der Waals surface area contributed by atoms with Crippen molar-refractivity contribution in [2.24, 2.45) is 0 Å². The van der Waals surface area contributed by atoms with E-state index in [0.717, 1.165) is 0 Å². The van der Waals surface area contributed by atoms with Gasteiger partial charge in [0.25, 0.3) is 0 Å². The highest BCUT2D eigenvalue weighted by Crippen LogP contribution is 1.86. The molecule has 0 rings (SSSR count). The molecule has 0 aromatic heterocycles. The van der Waals surface area contributed by atoms with E-state index >= 15 is 0 Å². The molecule has 0 spiro atoms. The minimum Gasteiger partial charge on any atom is -0.337 e. The molecule has 8 heavy (non-hydrogen) atoms. The summed E-state index contributed by atoms with van der Waals surface area (Å²) >= 11 is 0. The summed E-state index contributed by atoms with van der Waals surface area (Å²) in [4.78, 5) is 3.53. The predicted octanol–water partition coefficient (Wildman–Crippen LogP) is 1.36. The van der Waals surface area contributed by atoms with Crippen molar-refractivity contribution in [3.63, 3.8) is 0 Å². The summed E-state index contributed by atoms with van der Waals surface area (Å²) in [6, 6.07) is 2.05. The van der Waals surface area contributed by atoms with Crippen LogP contribution in [0, 0.1) is 0 Å². The summed E-state index contributed by atoms with van der Waals surface area (Å²) in [6.07, 6.45) is 0. The Balaban J connectivity index is 3.10. The standard InChI is InChI=1S/C6H17NSi/c1-5-8(4)7-6(2)3/h6-8H,5H2,1-4H3. The molecule has 1 N–H and O–H groups in total. The van der Waals surface area contributed by atoms with Crippen LogP contribution in [0.1, 0.15) is 20.8 Å². The first-order valence-electron chi connectivity index (χ1n) is 3.42. The molecule has 2 heteroatoms. The smallest absolute Gasteiger partial charge is 0.105 e. The van der Waals surface area contributed by atoms with Gasteiger partial charge in [-0.3, -0.25) is 0 Å². The van der Waals surface area contributed by atoms with E-state index in [1.54, 1.807) is 0 Å². The fraction of sp³-hybridized carbons (Fsp3) is 1.00. The van der Waals surface area contributed by atoms with Gasteiger partial charge in [0.1, 0.15) is 8.96 Å². The average Bonchev–Trinajstić information content (AvgIpc) is 1.65. The summed E-state index contributed by atoms with van der Waals surface area (Å²) in [7, 11) is -0.489. The highest BCUT2D eigenvalue weighted by Gasteiger charge is 1.99. The van der Waals surface area contributed by atoms with Crippen molar-refractivity contribution in [3.8, 4) is 0 Å². The van der Waals surface area contributed by atoms with E-state index in [0.29, 0.717) is 6.04 Å². The Morgan fingerprint density at radius 2 is 2.00 bits per heavy atom. The summed E-state index contributed by atoms with van der Waals surface area (Å²) in [5.74, 6) is 0. The number of hydrogen-bond donors (Lipinski definition) is 1. The van der Waals surface area contributed by atoms with Gasteiger partial charge in [-0.2, -0.15) is 0 Å². The first-order valence-corrected chi connectivity index (χ1v) is 5.97. The Hall–Kier alpha value is 0.177. The third kappa shape index (κ3) is 4.34. The molecule has 0 aliphatic carbocycles. The van der Waals surface area contributed by atoms with Gasteiger partial charge in [-0.15, -0.1) is 0 Å². The highest BCUT2D eigenvalue weighted by molar-refractivity contribution is 6.54. The van der Waals surface area contributed by atoms with Gasteiger partial charge in [-0.05, 0) is 6.04 Å². The molecule has 0 saturated heterocycles. The molecule has 50 valence electrons. The molecule has 1 nitrogen and oxygen atoms in total. The molecular weight excluding hydrogens is 114 g/mol. The van der Waals surface area contributed by atoms with E-state index in [9.17, 15) is 0 Å². The summed E-state index contributed by atoms with van der Waals surface area (Å²) in [5.41, 5.74) is 0. The van der Waals surface area contributed by atoms with Crippen LogP contribution in [0.4, 0.5) is 0 Å². The van der Waals surface area contributed by atoms with Crippen LogP contribution in [0.3, 0.4) is 0 Å². The van der Waals surface area contributed by atoms with E-state index in [1.165, 1.54) is 6.04 Å². The molecular formula is C6H17NSi. The van der Waals surface area contributed by atoms with E-state index in [2.05, 4.69) is 32.3 Å². The topological polar surface area (TPSA) is 12.0 Å². The molecule has 0 fully saturated rings. The lowest BCUT2D eigenvalue weighted by atomic mass is 10.4. The van der Waals surface area contributed by atoms with Gasteiger partial charge >= 0.3 is 0 Å². The third-order valence-electron chi connectivity index (χ3n) is 1.23. The summed E-state index contributed by atoms with van der Waals surface area (Å²) in [6.45, 7) is 9.02. The van der Waals surface area contributed by atoms with Crippen LogP contribution in [0.25, 0.3) is 0 Å². The van der Waals surface area contributed by atoms with E-state index in [-0.39, 0.29) is 0 Å². The molecule has 0 bridgehead atoms. The monoisotopic (exact) mass is 131 g/mol. The normalized spacial score (nSPS) is 14.6. The molecule has 0 heterocycles. The average molecular weight is 131 g/mol. The van der Waals surface area contributed by atoms with Gasteiger partial charge in [0.2, 0.25) is 0 Å². The molecule has 0 aliphatic rings. The minimum atomic E-state index is -0.489. The molecule has 0 aliphatic heterocycles. The Morgan fingerprint density at radius 1 is 1.50 bits per heavy atom. The van der Waals surface area contributed by atoms with Crippen molar-refractivity contribution in [1.82, 2.24) is 4.98 Å². The first kappa shape index (κ1) is 8.18. The lowest BCUT2D eigenvalue weighted by Gasteiger charge is -2.12. The predicted molar refractivity (Wildman–Crippen MR) is 41.8 cm³/mol. The van der Waals surface area contributed by atoms with Crippen molar-refractivity contribution in [1.29, 1.82) is 0 Å². The Kier molecular flexibility index (Phi) is 4.19. The van der Waals surface area contributed by atoms with Gasteiger partial charge in [-0.25, -0.2) is 0 Å². The van der Waals surface area contributed by atoms with E-state index < -0.39 is 8.96 Å². The number of rotatable bonds is 3. The maximum atomic E-state index is 3.53. The summed E-state index contributed by atoms with van der Waals surface area (Å²) < 4.78 is 0. The molecule has 0 saturated carbocycles. The SMILES string of the molecule is CC[SiH](C)NC(C)C. The van der Waals surface area contributed by atoms with Crippen molar-refractivity contribution < 1.29 is 0 Å². The second-order valence-corrected chi connectivity index (χ2v) is 5.58. The van der Waals surface area contributed by atoms with Gasteiger partial charge in [0.15, 0.2) is 0 Å². The van der Waals surface area contributed by atoms with Crippen LogP contribution in [0.5, 0.6) is 0 Å². The quantitative estimate of drug-likeness (QED) is 0.570. The molecule has 1 atom stereocenters. The van der Waals surface area contributed by atoms with Gasteiger partial charge in [0.05, 0.1) is 0 Å². The van der Waals surface area contributed by atoms with Gasteiger partial charge in [-0.1, -0.05) is 33.4 Å². The second-order valence-electron chi connectivity index (χ2n) is 2.63. The number of nitrogens with one attached hydrogen (secondary N) is 1. The van der Waals surface area contributed by atoms with Crippen LogP contribution in [0.15, 0.2) is 0 Å². The van der Waals surface area contributed by atoms with Crippen molar-refractivity contribution in [2.45, 2.75) is 39.4 Å². The largest absolute Gasteiger partial charge is 0.337 e. The maximum Gasteiger partial charge on any atom is 0.105 e. The Morgan fingerprint density at radius 3 is 2.12 bits per heavy atom. The Bertz CT molecular complexity index is 54.5. The highest BCUT2D eigenvalue weighted by atomic mass is 28.3. The zero-order valence-electron chi connectivity index (χ0n) is 6.36. The van der Waals surface area contributed by atoms with Crippen LogP contribution >= 0.6 is 0 Å². The van der Waals surface area contributed by atoms with Crippen LogP contribution in [-0.4, -0.2) is 15.0 Å². The van der Waals surface area contributed by atoms with E-state index in [1.807, 2.05) is 0 Å². The lowest BCUT2D eigenvalue weighted by Crippen LogP contribution is -2.35. The molecule has 0 aromatic rings. The molecule has 0 radical (unpaired) electrons. The minimum absolute atomic E-state index is 0.489. The van der Waals surface area contributed by atoms with Crippen molar-refractivity contribution >= 4 is 8.96 Å². The Labute approximate surface area is 54.2 Å². The van der Waals surface area contributed by atoms with E-state index in [4.69, 9.17) is 0 Å². The fourth-order valence-corrected chi connectivity index (χ4v) is 2.06. The first-order chi connectivity index (χ1) is 3.66. The van der Waals surface area contributed by atoms with Crippen LogP contribution in [0.2, 0.25) is 12.6 Å². The molecule has 0 amide bonds. The van der Waals surface area contributed by atoms with Crippen LogP contribution < -0.4 is 4.98 Å². The molecule has 1 unspecified atom stereocenters. The summed E-state index contributed by atoms with van der Waals surface area (Å²) in [5, 5.41) is 0. The van der Waals surface area contributed by atoms with Crippen LogP contribution in [-0.2, 0) is 0 Å². The maximum absolute atomic E-state index is 3.53. The lowest BCUT2D eigenvalue weighted by molar-refractivity contribution is 0.741. The number of hydrogen-bond acceptors (Lipinski definition) is 1. The van der Waals surface area contributed by atoms with Crippen molar-refractivity contribution in [2.75, 3.05) is 0 Å². The van der Waals surface area contributed by atoms with Crippen molar-refractivity contribution in [3.05, 3.63) is 0 Å². The van der Waals surface area contributed by atoms with Gasteiger partial charge in [0, 0.05) is 0 Å². The zero-order valence-corrected chi connectivity index (χ0v) is 7.52. The fourth-order valence-electron chi connectivity index (χ4n) is 0.687. The molecule has 0 aromatic carbocycles.